The summed E-state index contributed by atoms with van der Waals surface area (Å²) in [5.74, 6) is -0.0706. The lowest BCUT2D eigenvalue weighted by atomic mass is 10.3. The molecule has 1 amide bonds. The van der Waals surface area contributed by atoms with Crippen molar-refractivity contribution < 1.29 is 14.3 Å². The van der Waals surface area contributed by atoms with Gasteiger partial charge in [0, 0.05) is 19.6 Å². The predicted molar refractivity (Wildman–Crippen MR) is 66.0 cm³/mol. The number of rotatable bonds is 2. The highest BCUT2D eigenvalue weighted by molar-refractivity contribution is 5.78. The first kappa shape index (κ1) is 13.7. The number of alkyl halides is 1. The summed E-state index contributed by atoms with van der Waals surface area (Å²) in [5, 5.41) is 9.31. The molecule has 0 spiro atoms. The second-order valence-electron chi connectivity index (χ2n) is 5.32. The lowest BCUT2D eigenvalue weighted by Crippen LogP contribution is -2.41. The summed E-state index contributed by atoms with van der Waals surface area (Å²) in [7, 11) is 2.08. The van der Waals surface area contributed by atoms with E-state index in [1.165, 1.54) is 4.90 Å². The molecule has 2 rings (SSSR count). The molecule has 0 aromatic rings. The summed E-state index contributed by atoms with van der Waals surface area (Å²) in [6.07, 6.45) is -1.24. The molecule has 2 saturated heterocycles. The van der Waals surface area contributed by atoms with Gasteiger partial charge in [0.15, 0.2) is 0 Å². The van der Waals surface area contributed by atoms with Crippen LogP contribution in [0, 0.1) is 0 Å². The van der Waals surface area contributed by atoms with Gasteiger partial charge in [0.2, 0.25) is 5.91 Å². The van der Waals surface area contributed by atoms with E-state index in [4.69, 9.17) is 0 Å². The van der Waals surface area contributed by atoms with Gasteiger partial charge in [-0.1, -0.05) is 0 Å². The molecule has 0 radical (unpaired) electrons. The standard InChI is InChI=1S/C12H22FN3O2/c1-14-3-2-4-15(6-5-14)9-12(18)16-7-10(13)11(17)8-16/h10-11,17H,2-9H2,1H3/t10-,11-/m1/s1. The number of nitrogens with zero attached hydrogens (tertiary/aromatic N) is 3. The third kappa shape index (κ3) is 3.40. The Hall–Kier alpha value is -0.720. The maximum absolute atomic E-state index is 13.2. The highest BCUT2D eigenvalue weighted by Crippen LogP contribution is 2.14. The first-order chi connectivity index (χ1) is 8.56. The van der Waals surface area contributed by atoms with Crippen molar-refractivity contribution in [1.82, 2.24) is 14.7 Å². The van der Waals surface area contributed by atoms with Crippen LogP contribution in [0.4, 0.5) is 4.39 Å². The van der Waals surface area contributed by atoms with E-state index in [9.17, 15) is 14.3 Å². The van der Waals surface area contributed by atoms with Crippen molar-refractivity contribution in [2.75, 3.05) is 52.9 Å². The Balaban J connectivity index is 1.80. The van der Waals surface area contributed by atoms with Crippen LogP contribution in [0.3, 0.4) is 0 Å². The molecule has 2 fully saturated rings. The number of carbonyl (C=O) groups is 1. The zero-order chi connectivity index (χ0) is 13.1. The number of carbonyl (C=O) groups excluding carboxylic acids is 1. The van der Waals surface area contributed by atoms with Gasteiger partial charge in [-0.2, -0.15) is 0 Å². The Morgan fingerprint density at radius 3 is 2.72 bits per heavy atom. The highest BCUT2D eigenvalue weighted by Gasteiger charge is 2.34. The van der Waals surface area contributed by atoms with E-state index in [2.05, 4.69) is 16.8 Å². The van der Waals surface area contributed by atoms with E-state index in [1.54, 1.807) is 0 Å². The molecule has 6 heteroatoms. The van der Waals surface area contributed by atoms with Crippen molar-refractivity contribution in [1.29, 1.82) is 0 Å². The molecule has 0 aromatic heterocycles. The topological polar surface area (TPSA) is 47.0 Å². The van der Waals surface area contributed by atoms with E-state index in [0.29, 0.717) is 6.54 Å². The zero-order valence-corrected chi connectivity index (χ0v) is 10.9. The Kier molecular flexibility index (Phi) is 4.53. The Labute approximate surface area is 107 Å². The first-order valence-corrected chi connectivity index (χ1v) is 6.57. The van der Waals surface area contributed by atoms with Gasteiger partial charge in [0.1, 0.15) is 12.3 Å². The molecule has 2 aliphatic rings. The second-order valence-corrected chi connectivity index (χ2v) is 5.32. The number of β-amino-alcohol motifs (C(OH)–C–C–N with tert-alkyl or cyclic N) is 1. The fourth-order valence-corrected chi connectivity index (χ4v) is 2.50. The molecule has 0 saturated carbocycles. The second kappa shape index (κ2) is 5.95. The Bertz CT molecular complexity index is 293. The third-order valence-electron chi connectivity index (χ3n) is 3.74. The molecule has 104 valence electrons. The van der Waals surface area contributed by atoms with Crippen LogP contribution in [0.25, 0.3) is 0 Å². The lowest BCUT2D eigenvalue weighted by molar-refractivity contribution is -0.131. The van der Waals surface area contributed by atoms with Gasteiger partial charge in [-0.05, 0) is 26.6 Å². The molecule has 2 aliphatic heterocycles. The number of likely N-dealkylation sites (tertiary alicyclic amines) is 1. The average molecular weight is 259 g/mol. The molecule has 2 heterocycles. The van der Waals surface area contributed by atoms with E-state index in [-0.39, 0.29) is 19.0 Å². The number of amides is 1. The van der Waals surface area contributed by atoms with Crippen molar-refractivity contribution >= 4 is 5.91 Å². The number of likely N-dealkylation sites (N-methyl/N-ethyl adjacent to an activating group) is 1. The fraction of sp³-hybridized carbons (Fsp3) is 0.917. The first-order valence-electron chi connectivity index (χ1n) is 6.57. The molecule has 0 aromatic carbocycles. The maximum atomic E-state index is 13.2. The minimum absolute atomic E-state index is 0.0355. The smallest absolute Gasteiger partial charge is 0.236 e. The molecule has 1 N–H and O–H groups in total. The number of halogens is 1. The van der Waals surface area contributed by atoms with Crippen molar-refractivity contribution in [2.24, 2.45) is 0 Å². The van der Waals surface area contributed by atoms with Gasteiger partial charge in [0.25, 0.3) is 0 Å². The van der Waals surface area contributed by atoms with Crippen LogP contribution in [0.2, 0.25) is 0 Å². The molecule has 0 unspecified atom stereocenters. The summed E-state index contributed by atoms with van der Waals surface area (Å²) in [4.78, 5) is 17.8. The molecular weight excluding hydrogens is 237 g/mol. The normalized spacial score (nSPS) is 31.6. The van der Waals surface area contributed by atoms with Gasteiger partial charge >= 0.3 is 0 Å². The third-order valence-corrected chi connectivity index (χ3v) is 3.74. The Morgan fingerprint density at radius 2 is 2.06 bits per heavy atom. The predicted octanol–water partition coefficient (Wildman–Crippen LogP) is -0.835. The number of aliphatic hydroxyl groups excluding tert-OH is 1. The van der Waals surface area contributed by atoms with Crippen LogP contribution < -0.4 is 0 Å². The molecule has 5 nitrogen and oxygen atoms in total. The summed E-state index contributed by atoms with van der Waals surface area (Å²) in [6.45, 7) is 4.30. The number of hydrogen-bond acceptors (Lipinski definition) is 4. The van der Waals surface area contributed by atoms with Crippen LogP contribution in [0.1, 0.15) is 6.42 Å². The summed E-state index contributed by atoms with van der Waals surface area (Å²) in [5.41, 5.74) is 0. The molecule has 18 heavy (non-hydrogen) atoms. The largest absolute Gasteiger partial charge is 0.388 e. The Morgan fingerprint density at radius 1 is 1.28 bits per heavy atom. The summed E-state index contributed by atoms with van der Waals surface area (Å²) in [6, 6.07) is 0. The number of aliphatic hydroxyl groups is 1. The van der Waals surface area contributed by atoms with Crippen molar-refractivity contribution in [3.63, 3.8) is 0 Å². The SMILES string of the molecule is CN1CCCN(CC(=O)N2C[C@@H](O)[C@H](F)C2)CC1. The van der Waals surface area contributed by atoms with Crippen LogP contribution in [-0.2, 0) is 4.79 Å². The van der Waals surface area contributed by atoms with Gasteiger partial charge < -0.3 is 14.9 Å². The van der Waals surface area contributed by atoms with Gasteiger partial charge in [-0.3, -0.25) is 9.69 Å². The van der Waals surface area contributed by atoms with Crippen LogP contribution >= 0.6 is 0 Å². The fourth-order valence-electron chi connectivity index (χ4n) is 2.50. The zero-order valence-electron chi connectivity index (χ0n) is 10.9. The molecule has 0 aliphatic carbocycles. The molecule has 2 atom stereocenters. The van der Waals surface area contributed by atoms with Crippen molar-refractivity contribution in [2.45, 2.75) is 18.7 Å². The van der Waals surface area contributed by atoms with E-state index in [0.717, 1.165) is 32.6 Å². The quantitative estimate of drug-likeness (QED) is 0.703. The van der Waals surface area contributed by atoms with Gasteiger partial charge in [-0.25, -0.2) is 4.39 Å². The van der Waals surface area contributed by atoms with Crippen molar-refractivity contribution in [3.8, 4) is 0 Å². The van der Waals surface area contributed by atoms with Crippen LogP contribution in [-0.4, -0.2) is 90.9 Å². The van der Waals surface area contributed by atoms with E-state index < -0.39 is 12.3 Å². The molecular formula is C12H22FN3O2. The van der Waals surface area contributed by atoms with Crippen molar-refractivity contribution in [3.05, 3.63) is 0 Å². The highest BCUT2D eigenvalue weighted by atomic mass is 19.1. The van der Waals surface area contributed by atoms with Crippen LogP contribution in [0.15, 0.2) is 0 Å². The lowest BCUT2D eigenvalue weighted by Gasteiger charge is -2.23. The monoisotopic (exact) mass is 259 g/mol. The number of hydrogen-bond donors (Lipinski definition) is 1. The molecule has 0 bridgehead atoms. The summed E-state index contributed by atoms with van der Waals surface area (Å²) >= 11 is 0. The minimum atomic E-state index is -1.29. The van der Waals surface area contributed by atoms with E-state index in [1.807, 2.05) is 0 Å². The minimum Gasteiger partial charge on any atom is -0.388 e. The maximum Gasteiger partial charge on any atom is 0.236 e. The average Bonchev–Trinajstić information content (AvgIpc) is 2.54. The van der Waals surface area contributed by atoms with Gasteiger partial charge in [-0.15, -0.1) is 0 Å². The summed E-state index contributed by atoms with van der Waals surface area (Å²) < 4.78 is 13.2. The van der Waals surface area contributed by atoms with E-state index >= 15 is 0 Å². The van der Waals surface area contributed by atoms with Gasteiger partial charge in [0.05, 0.1) is 13.1 Å². The van der Waals surface area contributed by atoms with Crippen LogP contribution in [0.5, 0.6) is 0 Å².